The Bertz CT molecular complexity index is 837. The van der Waals surface area contributed by atoms with Crippen LogP contribution in [0.3, 0.4) is 0 Å². The molecule has 1 amide bonds. The van der Waals surface area contributed by atoms with Crippen molar-refractivity contribution in [2.75, 3.05) is 33.3 Å². The topological polar surface area (TPSA) is 96.0 Å². The van der Waals surface area contributed by atoms with Gasteiger partial charge in [-0.25, -0.2) is 4.98 Å². The second kappa shape index (κ2) is 10.3. The van der Waals surface area contributed by atoms with Crippen LogP contribution in [0.15, 0.2) is 23.6 Å². The zero-order chi connectivity index (χ0) is 20.5. The van der Waals surface area contributed by atoms with Crippen molar-refractivity contribution in [1.29, 1.82) is 0 Å². The average molecular weight is 406 g/mol. The lowest BCUT2D eigenvalue weighted by molar-refractivity contribution is -0.142. The summed E-state index contributed by atoms with van der Waals surface area (Å²) in [6.07, 6.45) is 3.06. The van der Waals surface area contributed by atoms with Gasteiger partial charge in [0, 0.05) is 11.5 Å². The molecule has 0 unspecified atom stereocenters. The molecule has 1 aromatic carbocycles. The molecule has 0 aliphatic carbocycles. The first-order valence-corrected chi connectivity index (χ1v) is 9.27. The quantitative estimate of drug-likeness (QED) is 0.505. The second-order valence-corrected chi connectivity index (χ2v) is 6.27. The first kappa shape index (κ1) is 21.2. The van der Waals surface area contributed by atoms with E-state index in [2.05, 4.69) is 10.3 Å². The third-order valence-electron chi connectivity index (χ3n) is 3.53. The lowest BCUT2D eigenvalue weighted by atomic mass is 10.1. The van der Waals surface area contributed by atoms with Gasteiger partial charge < -0.3 is 18.9 Å². The number of rotatable bonds is 9. The van der Waals surface area contributed by atoms with Crippen LogP contribution in [0.5, 0.6) is 17.2 Å². The van der Waals surface area contributed by atoms with Gasteiger partial charge in [0.2, 0.25) is 11.7 Å². The van der Waals surface area contributed by atoms with Gasteiger partial charge in [0.1, 0.15) is 0 Å². The summed E-state index contributed by atoms with van der Waals surface area (Å²) >= 11 is 1.24. The molecule has 0 aliphatic heterocycles. The molecule has 8 nitrogen and oxygen atoms in total. The summed E-state index contributed by atoms with van der Waals surface area (Å²) < 4.78 is 20.7. The predicted molar refractivity (Wildman–Crippen MR) is 106 cm³/mol. The third kappa shape index (κ3) is 5.71. The molecule has 0 saturated carbocycles. The van der Waals surface area contributed by atoms with E-state index >= 15 is 0 Å². The number of methoxy groups -OCH3 is 3. The summed E-state index contributed by atoms with van der Waals surface area (Å²) in [4.78, 5) is 27.8. The van der Waals surface area contributed by atoms with Crippen LogP contribution in [-0.4, -0.2) is 44.8 Å². The number of esters is 1. The van der Waals surface area contributed by atoms with Crippen molar-refractivity contribution in [1.82, 2.24) is 4.98 Å². The van der Waals surface area contributed by atoms with Crippen molar-refractivity contribution in [3.8, 4) is 17.2 Å². The zero-order valence-corrected chi connectivity index (χ0v) is 16.9. The Morgan fingerprint density at radius 2 is 1.82 bits per heavy atom. The third-order valence-corrected chi connectivity index (χ3v) is 4.33. The normalized spacial score (nSPS) is 10.6. The maximum atomic E-state index is 12.1. The highest BCUT2D eigenvalue weighted by Crippen LogP contribution is 2.38. The Morgan fingerprint density at radius 1 is 1.14 bits per heavy atom. The van der Waals surface area contributed by atoms with Gasteiger partial charge in [-0.1, -0.05) is 0 Å². The Kier molecular flexibility index (Phi) is 7.82. The second-order valence-electron chi connectivity index (χ2n) is 5.41. The Labute approximate surface area is 167 Å². The number of carbonyl (C=O) groups is 2. The number of benzene rings is 1. The molecule has 2 rings (SSSR count). The number of nitrogens with one attached hydrogen (secondary N) is 1. The smallest absolute Gasteiger partial charge is 0.311 e. The molecule has 1 N–H and O–H groups in total. The summed E-state index contributed by atoms with van der Waals surface area (Å²) in [7, 11) is 4.56. The van der Waals surface area contributed by atoms with Crippen LogP contribution in [0.2, 0.25) is 0 Å². The minimum Gasteiger partial charge on any atom is -0.493 e. The van der Waals surface area contributed by atoms with Gasteiger partial charge in [-0.15, -0.1) is 11.3 Å². The molecule has 0 spiro atoms. The fourth-order valence-electron chi connectivity index (χ4n) is 2.32. The molecule has 9 heteroatoms. The summed E-state index contributed by atoms with van der Waals surface area (Å²) in [5, 5.41) is 4.77. The highest BCUT2D eigenvalue weighted by molar-refractivity contribution is 7.14. The molecule has 0 atom stereocenters. The van der Waals surface area contributed by atoms with Crippen molar-refractivity contribution in [2.45, 2.75) is 13.3 Å². The Balaban J connectivity index is 2.04. The predicted octanol–water partition coefficient (Wildman–Crippen LogP) is 2.93. The van der Waals surface area contributed by atoms with E-state index in [0.717, 1.165) is 0 Å². The minimum atomic E-state index is -0.356. The van der Waals surface area contributed by atoms with Gasteiger partial charge in [0.15, 0.2) is 16.6 Å². The van der Waals surface area contributed by atoms with Gasteiger partial charge in [-0.2, -0.15) is 0 Å². The summed E-state index contributed by atoms with van der Waals surface area (Å²) in [6.45, 7) is 2.06. The van der Waals surface area contributed by atoms with E-state index in [-0.39, 0.29) is 18.3 Å². The summed E-state index contributed by atoms with van der Waals surface area (Å²) in [5.41, 5.74) is 1.25. The van der Waals surface area contributed by atoms with Gasteiger partial charge in [0.25, 0.3) is 0 Å². The maximum Gasteiger partial charge on any atom is 0.311 e. The number of hydrogen-bond donors (Lipinski definition) is 1. The van der Waals surface area contributed by atoms with Crippen molar-refractivity contribution < 1.29 is 28.5 Å². The van der Waals surface area contributed by atoms with Gasteiger partial charge in [0.05, 0.1) is 40.1 Å². The molecule has 150 valence electrons. The largest absolute Gasteiger partial charge is 0.493 e. The molecule has 2 aromatic rings. The van der Waals surface area contributed by atoms with Crippen molar-refractivity contribution in [2.24, 2.45) is 0 Å². The van der Waals surface area contributed by atoms with E-state index in [1.54, 1.807) is 30.5 Å². The zero-order valence-electron chi connectivity index (χ0n) is 16.1. The monoisotopic (exact) mass is 406 g/mol. The minimum absolute atomic E-state index is 0.0709. The maximum absolute atomic E-state index is 12.1. The lowest BCUT2D eigenvalue weighted by Crippen LogP contribution is -2.09. The first-order valence-electron chi connectivity index (χ1n) is 8.39. The molecule has 1 heterocycles. The summed E-state index contributed by atoms with van der Waals surface area (Å²) in [5.74, 6) is 0.748. The molecule has 0 saturated heterocycles. The van der Waals surface area contributed by atoms with Crippen LogP contribution in [-0.2, 0) is 20.7 Å². The molecule has 0 fully saturated rings. The molecule has 1 aromatic heterocycles. The highest BCUT2D eigenvalue weighted by Gasteiger charge is 2.13. The van der Waals surface area contributed by atoms with Crippen molar-refractivity contribution in [3.05, 3.63) is 34.8 Å². The van der Waals surface area contributed by atoms with Gasteiger partial charge >= 0.3 is 5.97 Å². The van der Waals surface area contributed by atoms with Crippen LogP contribution in [0.4, 0.5) is 5.13 Å². The SMILES string of the molecule is CCOC(=O)Cc1csc(NC(=O)/C=C/c2cc(OC)c(OC)c(OC)c2)n1. The van der Waals surface area contributed by atoms with Crippen LogP contribution in [0, 0.1) is 0 Å². The number of nitrogens with zero attached hydrogens (tertiary/aromatic N) is 1. The van der Waals surface area contributed by atoms with Gasteiger partial charge in [-0.3, -0.25) is 14.9 Å². The Morgan fingerprint density at radius 3 is 2.39 bits per heavy atom. The fraction of sp³-hybridized carbons (Fsp3) is 0.316. The number of amides is 1. The average Bonchev–Trinajstić information content (AvgIpc) is 3.11. The standard InChI is InChI=1S/C19H22N2O6S/c1-5-27-17(23)10-13-11-28-19(20-13)21-16(22)7-6-12-8-14(24-2)18(26-4)15(9-12)25-3/h6-9,11H,5,10H2,1-4H3,(H,20,21,22)/b7-6+. The van der Waals surface area contributed by atoms with E-state index in [1.165, 1.54) is 38.7 Å². The van der Waals surface area contributed by atoms with E-state index < -0.39 is 0 Å². The number of anilines is 1. The number of carbonyl (C=O) groups excluding carboxylic acids is 2. The van der Waals surface area contributed by atoms with Crippen LogP contribution in [0.1, 0.15) is 18.2 Å². The van der Waals surface area contributed by atoms with Crippen LogP contribution in [0.25, 0.3) is 6.08 Å². The van der Waals surface area contributed by atoms with E-state index in [9.17, 15) is 9.59 Å². The number of aromatic nitrogens is 1. The molecule has 0 aliphatic rings. The number of thiazole rings is 1. The summed E-state index contributed by atoms with van der Waals surface area (Å²) in [6, 6.07) is 3.46. The fourth-order valence-corrected chi connectivity index (χ4v) is 3.04. The van der Waals surface area contributed by atoms with E-state index in [0.29, 0.717) is 40.2 Å². The first-order chi connectivity index (χ1) is 13.5. The Hall–Kier alpha value is -3.07. The van der Waals surface area contributed by atoms with Crippen LogP contribution < -0.4 is 19.5 Å². The molecular formula is C19H22N2O6S. The van der Waals surface area contributed by atoms with Crippen molar-refractivity contribution >= 4 is 34.4 Å². The van der Waals surface area contributed by atoms with Crippen LogP contribution >= 0.6 is 11.3 Å². The molecule has 28 heavy (non-hydrogen) atoms. The van der Waals surface area contributed by atoms with E-state index in [4.69, 9.17) is 18.9 Å². The molecule has 0 radical (unpaired) electrons. The van der Waals surface area contributed by atoms with E-state index in [1.807, 2.05) is 0 Å². The molecular weight excluding hydrogens is 384 g/mol. The van der Waals surface area contributed by atoms with Crippen molar-refractivity contribution in [3.63, 3.8) is 0 Å². The number of hydrogen-bond acceptors (Lipinski definition) is 8. The van der Waals surface area contributed by atoms with Gasteiger partial charge in [-0.05, 0) is 30.7 Å². The lowest BCUT2D eigenvalue weighted by Gasteiger charge is -2.12. The highest BCUT2D eigenvalue weighted by atomic mass is 32.1. The number of ether oxygens (including phenoxy) is 4. The molecule has 0 bridgehead atoms.